The second-order valence-electron chi connectivity index (χ2n) is 9.84. The van der Waals surface area contributed by atoms with Crippen molar-refractivity contribution in [2.45, 2.75) is 49.2 Å². The lowest BCUT2D eigenvalue weighted by molar-refractivity contribution is -0.0539. The number of thiol groups is 1. The first kappa shape index (κ1) is 32.2. The molecule has 2 saturated heterocycles. The minimum absolute atomic E-state index is 0.101. The van der Waals surface area contributed by atoms with Gasteiger partial charge in [-0.05, 0) is 22.4 Å². The normalized spacial score (nSPS) is 30.3. The minimum Gasteiger partial charge on any atom is -0.397 e. The first-order valence-electron chi connectivity index (χ1n) is 12.9. The Morgan fingerprint density at radius 3 is 2.49 bits per heavy atom. The van der Waals surface area contributed by atoms with Gasteiger partial charge in [-0.25, -0.2) is 23.7 Å². The average molecular weight is 711 g/mol. The molecule has 0 radical (unpaired) electrons. The number of rotatable bonds is 10. The molecule has 0 spiro atoms. The summed E-state index contributed by atoms with van der Waals surface area (Å²) in [6.07, 6.45) is -9.15. The summed E-state index contributed by atoms with van der Waals surface area (Å²) in [6.45, 7) is -5.86. The van der Waals surface area contributed by atoms with E-state index in [4.69, 9.17) is 46.3 Å². The van der Waals surface area contributed by atoms with Crippen molar-refractivity contribution in [3.63, 3.8) is 0 Å². The number of nitrogens with zero attached hydrogens (tertiary/aromatic N) is 6. The monoisotopic (exact) mass is 710 g/mol. The van der Waals surface area contributed by atoms with E-state index in [-0.39, 0.29) is 34.0 Å². The molecule has 2 fully saturated rings. The summed E-state index contributed by atoms with van der Waals surface area (Å²) < 4.78 is 72.9. The third-order valence-electron chi connectivity index (χ3n) is 7.07. The summed E-state index contributed by atoms with van der Waals surface area (Å²) in [6, 6.07) is 1.51. The number of imidazole rings is 2. The summed E-state index contributed by atoms with van der Waals surface area (Å²) in [5, 5.41) is 9.67. The molecule has 4 aromatic rings. The Morgan fingerprint density at radius 1 is 1.09 bits per heavy atom. The van der Waals surface area contributed by atoms with E-state index < -0.39 is 81.9 Å². The predicted molar refractivity (Wildman–Crippen MR) is 158 cm³/mol. The number of anilines is 2. The van der Waals surface area contributed by atoms with Gasteiger partial charge in [-0.3, -0.25) is 23.4 Å². The van der Waals surface area contributed by atoms with Gasteiger partial charge in [0.05, 0.1) is 31.6 Å². The van der Waals surface area contributed by atoms with E-state index in [1.807, 2.05) is 0 Å². The van der Waals surface area contributed by atoms with Crippen LogP contribution in [0.4, 0.5) is 20.4 Å². The van der Waals surface area contributed by atoms with Crippen LogP contribution in [0.2, 0.25) is 0 Å². The number of nitrogens with one attached hydrogen (secondary N) is 1. The van der Waals surface area contributed by atoms with Gasteiger partial charge in [-0.1, -0.05) is 0 Å². The van der Waals surface area contributed by atoms with E-state index in [9.17, 15) is 19.4 Å². The zero-order valence-electron chi connectivity index (χ0n) is 22.4. The van der Waals surface area contributed by atoms with Gasteiger partial charge in [-0.15, -0.1) is 4.52 Å². The minimum atomic E-state index is -4.41. The van der Waals surface area contributed by atoms with Gasteiger partial charge >= 0.3 is 13.9 Å². The van der Waals surface area contributed by atoms with E-state index in [1.54, 1.807) is 0 Å². The molecule has 24 heteroatoms. The zero-order valence-corrected chi connectivity index (χ0v) is 25.9. The maximum absolute atomic E-state index is 15.7. The first-order chi connectivity index (χ1) is 21.4. The zero-order chi connectivity index (χ0) is 32.2. The standard InChI is InChI=1S/C21H23F2N9O9P2S2/c22-10-8(3-33)38-20(32-6-28-13-17(32)29-21(25)30-18(13)34)15(10)41-43(36,45)37-4-9-14(40-42(35)44)11(23)19(39-9)31-5-27-12-7(24)1-2-26-16(12)31/h1-2,5-6,8-11,14-15,19-20,33H,3-4H2,(H6-,24,25,26,29,30,34,35,36,44,45)/p+1/t8-,9-,10-,11+,14-,15-,19-,20-,43?/m1/s1. The number of H-pyrrole nitrogens is 1. The summed E-state index contributed by atoms with van der Waals surface area (Å²) in [7, 11) is -2.63. The summed E-state index contributed by atoms with van der Waals surface area (Å²) >= 11 is 8.83. The van der Waals surface area contributed by atoms with Crippen LogP contribution in [0.25, 0.3) is 22.3 Å². The largest absolute Gasteiger partial charge is 0.582 e. The number of hydrogen-bond donors (Lipinski definition) is 6. The van der Waals surface area contributed by atoms with E-state index in [2.05, 4.69) is 37.2 Å². The van der Waals surface area contributed by atoms with Crippen molar-refractivity contribution >= 4 is 72.0 Å². The van der Waals surface area contributed by atoms with Crippen molar-refractivity contribution in [3.05, 3.63) is 35.3 Å². The van der Waals surface area contributed by atoms with Crippen molar-refractivity contribution in [2.24, 2.45) is 0 Å². The molecule has 0 bridgehead atoms. The van der Waals surface area contributed by atoms with E-state index >= 15 is 8.78 Å². The molecule has 7 N–H and O–H groups in total. The molecule has 0 aromatic carbocycles. The fraction of sp³-hybridized carbons (Fsp3) is 0.476. The van der Waals surface area contributed by atoms with Crippen LogP contribution in [-0.4, -0.2) is 94.0 Å². The third-order valence-corrected chi connectivity index (χ3v) is 9.34. The quantitative estimate of drug-likeness (QED) is 0.0983. The van der Waals surface area contributed by atoms with E-state index in [0.29, 0.717) is 0 Å². The smallest absolute Gasteiger partial charge is 0.397 e. The average Bonchev–Trinajstić information content (AvgIpc) is 3.73. The number of aliphatic hydroxyl groups is 1. The van der Waals surface area contributed by atoms with Crippen molar-refractivity contribution in [1.82, 2.24) is 34.1 Å². The molecule has 2 unspecified atom stereocenters. The number of pyridine rings is 1. The Labute approximate surface area is 261 Å². The third kappa shape index (κ3) is 6.08. The number of ether oxygens (including phenoxy) is 2. The van der Waals surface area contributed by atoms with Gasteiger partial charge < -0.3 is 35.5 Å². The topological polar surface area (TPSA) is 250 Å². The van der Waals surface area contributed by atoms with Gasteiger partial charge in [0.25, 0.3) is 5.56 Å². The highest BCUT2D eigenvalue weighted by Gasteiger charge is 2.53. The van der Waals surface area contributed by atoms with Crippen molar-refractivity contribution in [1.29, 1.82) is 0 Å². The number of nitrogens with two attached hydrogens (primary N) is 2. The number of aromatic nitrogens is 7. The van der Waals surface area contributed by atoms with Crippen LogP contribution in [0.1, 0.15) is 12.5 Å². The number of fused-ring (bicyclic) bond motifs is 2. The maximum atomic E-state index is 15.7. The number of aromatic amines is 1. The number of aliphatic hydroxyl groups excluding tert-OH is 1. The van der Waals surface area contributed by atoms with Crippen LogP contribution < -0.4 is 17.0 Å². The van der Waals surface area contributed by atoms with Crippen LogP contribution in [0.5, 0.6) is 0 Å². The Bertz CT molecular complexity index is 1870. The van der Waals surface area contributed by atoms with Crippen LogP contribution in [0.15, 0.2) is 29.7 Å². The Kier molecular flexibility index (Phi) is 8.91. The van der Waals surface area contributed by atoms with Gasteiger partial charge in [0.15, 0.2) is 47.7 Å². The molecule has 2 aliphatic heterocycles. The second-order valence-corrected chi connectivity index (χ2v) is 14.3. The van der Waals surface area contributed by atoms with Gasteiger partial charge in [0.2, 0.25) is 5.95 Å². The first-order valence-corrected chi connectivity index (χ1v) is 17.8. The fourth-order valence-corrected chi connectivity index (χ4v) is 7.27. The molecule has 2 aliphatic rings. The molecule has 18 nitrogen and oxygen atoms in total. The van der Waals surface area contributed by atoms with Gasteiger partial charge in [0, 0.05) is 6.20 Å². The Morgan fingerprint density at radius 2 is 1.78 bits per heavy atom. The highest BCUT2D eigenvalue weighted by Crippen LogP contribution is 2.51. The number of alkyl halides is 2. The van der Waals surface area contributed by atoms with E-state index in [1.165, 1.54) is 23.2 Å². The molecule has 6 rings (SSSR count). The SMILES string of the molecule is Nc1nc2c(ncn2[C@@H]2O[C@H](CO)[C@@H](F)[C@H]2OP(O)(=S)OC[C@H]2O[C@@H](n3cnc4c(N)ccnc43)[C@@H](F)[C@@H]2O[P+](=O)S)c(=O)[nH]1. The lowest BCUT2D eigenvalue weighted by atomic mass is 10.1. The maximum Gasteiger partial charge on any atom is 0.582 e. The summed E-state index contributed by atoms with van der Waals surface area (Å²) in [5.74, 6) is -0.264. The van der Waals surface area contributed by atoms with Crippen molar-refractivity contribution in [2.75, 3.05) is 24.7 Å². The molecule has 4 aromatic heterocycles. The van der Waals surface area contributed by atoms with Crippen molar-refractivity contribution < 1.29 is 46.4 Å². The number of hydrogen-bond acceptors (Lipinski definition) is 15. The van der Waals surface area contributed by atoms with E-state index in [0.717, 1.165) is 10.9 Å². The van der Waals surface area contributed by atoms with Gasteiger partial charge in [-0.2, -0.15) is 4.98 Å². The number of nitrogen functional groups attached to an aromatic ring is 2. The molecular weight excluding hydrogens is 686 g/mol. The highest BCUT2D eigenvalue weighted by molar-refractivity contribution is 8.39. The van der Waals surface area contributed by atoms with Gasteiger partial charge in [0.1, 0.15) is 36.1 Å². The molecule has 0 aliphatic carbocycles. The van der Waals surface area contributed by atoms with Crippen molar-refractivity contribution in [3.8, 4) is 0 Å². The molecule has 45 heavy (non-hydrogen) atoms. The second kappa shape index (κ2) is 12.5. The lowest BCUT2D eigenvalue weighted by Gasteiger charge is -2.26. The molecule has 0 amide bonds. The lowest BCUT2D eigenvalue weighted by Crippen LogP contribution is -2.34. The van der Waals surface area contributed by atoms with Crippen LogP contribution in [0, 0.1) is 0 Å². The molecule has 10 atom stereocenters. The fourth-order valence-electron chi connectivity index (χ4n) is 5.08. The predicted octanol–water partition coefficient (Wildman–Crippen LogP) is 0.783. The highest BCUT2D eigenvalue weighted by atomic mass is 32.7. The van der Waals surface area contributed by atoms with Crippen LogP contribution >= 0.6 is 26.2 Å². The Balaban J connectivity index is 1.22. The number of halogens is 2. The van der Waals surface area contributed by atoms with Crippen LogP contribution in [-0.2, 0) is 39.4 Å². The van der Waals surface area contributed by atoms with Crippen LogP contribution in [0.3, 0.4) is 0 Å². The summed E-state index contributed by atoms with van der Waals surface area (Å²) in [5.41, 5.74) is 11.4. The summed E-state index contributed by atoms with van der Waals surface area (Å²) in [4.78, 5) is 41.7. The molecule has 242 valence electrons. The Hall–Kier alpha value is -2.75. The molecule has 0 saturated carbocycles. The molecular formula is C21H24F2N9O9P2S2+. The molecule has 6 heterocycles.